The summed E-state index contributed by atoms with van der Waals surface area (Å²) in [4.78, 5) is 17.0. The topological polar surface area (TPSA) is 95.0 Å². The molecule has 0 unspecified atom stereocenters. The Hall–Kier alpha value is -1.87. The number of nitrogens with two attached hydrogens (primary N) is 1. The van der Waals surface area contributed by atoms with E-state index < -0.39 is 10.0 Å². The van der Waals surface area contributed by atoms with Gasteiger partial charge < -0.3 is 4.57 Å². The second kappa shape index (κ2) is 8.65. The van der Waals surface area contributed by atoms with Crippen molar-refractivity contribution < 1.29 is 13.2 Å². The number of imidazole rings is 1. The molecule has 148 valence electrons. The van der Waals surface area contributed by atoms with Crippen molar-refractivity contribution in [1.29, 1.82) is 0 Å². The number of primary sulfonamides is 1. The number of sulfonamides is 1. The van der Waals surface area contributed by atoms with E-state index >= 15 is 0 Å². The van der Waals surface area contributed by atoms with E-state index in [9.17, 15) is 13.2 Å². The number of fused-ring (bicyclic) bond motifs is 1. The first-order valence-corrected chi connectivity index (χ1v) is 11.6. The number of carbonyl (C=O) groups excluding carboxylic acids is 1. The average Bonchev–Trinajstić information content (AvgIpc) is 3.01. The number of rotatable bonds is 8. The van der Waals surface area contributed by atoms with Gasteiger partial charge in [-0.3, -0.25) is 4.79 Å². The van der Waals surface area contributed by atoms with Gasteiger partial charge in [-0.1, -0.05) is 36.7 Å². The number of hydrogen-bond acceptors (Lipinski definition) is 5. The molecule has 6 nitrogen and oxygen atoms in total. The molecule has 0 spiro atoms. The predicted molar refractivity (Wildman–Crippen MR) is 113 cm³/mol. The molecule has 0 amide bonds. The van der Waals surface area contributed by atoms with Crippen molar-refractivity contribution in [1.82, 2.24) is 9.55 Å². The van der Waals surface area contributed by atoms with E-state index in [1.807, 2.05) is 4.57 Å². The largest absolute Gasteiger partial charge is 0.319 e. The molecule has 0 aliphatic rings. The minimum Gasteiger partial charge on any atom is -0.319 e. The summed E-state index contributed by atoms with van der Waals surface area (Å²) in [7, 11) is -3.80. The molecule has 0 atom stereocenters. The smallest absolute Gasteiger partial charge is 0.238 e. The van der Waals surface area contributed by atoms with Gasteiger partial charge >= 0.3 is 0 Å². The molecular formula is C19H20ClN3O3S2. The maximum absolute atomic E-state index is 12.5. The number of carbonyl (C=O) groups is 1. The Bertz CT molecular complexity index is 1110. The molecule has 0 saturated carbocycles. The van der Waals surface area contributed by atoms with E-state index in [4.69, 9.17) is 16.7 Å². The van der Waals surface area contributed by atoms with Gasteiger partial charge in [0.15, 0.2) is 10.9 Å². The molecule has 3 rings (SSSR count). The lowest BCUT2D eigenvalue weighted by molar-refractivity contribution is 0.102. The second-order valence-corrected chi connectivity index (χ2v) is 9.25. The van der Waals surface area contributed by atoms with Crippen LogP contribution < -0.4 is 5.14 Å². The number of thioether (sulfide) groups is 1. The Balaban J connectivity index is 1.89. The zero-order valence-corrected chi connectivity index (χ0v) is 17.6. The molecule has 3 aromatic rings. The van der Waals surface area contributed by atoms with E-state index in [0.717, 1.165) is 24.9 Å². The van der Waals surface area contributed by atoms with Crippen molar-refractivity contribution in [2.45, 2.75) is 36.4 Å². The second-order valence-electron chi connectivity index (χ2n) is 6.31. The fourth-order valence-electron chi connectivity index (χ4n) is 2.76. The number of nitrogens with zero attached hydrogens (tertiary/aromatic N) is 2. The van der Waals surface area contributed by atoms with E-state index in [-0.39, 0.29) is 16.4 Å². The number of halogens is 1. The van der Waals surface area contributed by atoms with Crippen molar-refractivity contribution >= 4 is 50.2 Å². The first kappa shape index (κ1) is 20.9. The SMILES string of the molecule is CCCCn1c(SCC(=O)c2ccc(Cl)cc2)nc2cc(S(N)(=O)=O)ccc21. The van der Waals surface area contributed by atoms with Crippen LogP contribution in [-0.4, -0.2) is 29.5 Å². The number of ketones is 1. The van der Waals surface area contributed by atoms with Crippen LogP contribution in [0, 0.1) is 0 Å². The summed E-state index contributed by atoms with van der Waals surface area (Å²) < 4.78 is 25.3. The van der Waals surface area contributed by atoms with Crippen LogP contribution in [-0.2, 0) is 16.6 Å². The highest BCUT2D eigenvalue weighted by molar-refractivity contribution is 7.99. The van der Waals surface area contributed by atoms with Crippen molar-refractivity contribution in [3.05, 3.63) is 53.1 Å². The van der Waals surface area contributed by atoms with Crippen molar-refractivity contribution in [3.8, 4) is 0 Å². The van der Waals surface area contributed by atoms with Crippen molar-refractivity contribution in [2.75, 3.05) is 5.75 Å². The van der Waals surface area contributed by atoms with Gasteiger partial charge in [-0.25, -0.2) is 18.5 Å². The number of aryl methyl sites for hydroxylation is 1. The maximum Gasteiger partial charge on any atom is 0.238 e. The van der Waals surface area contributed by atoms with Gasteiger partial charge in [-0.15, -0.1) is 0 Å². The lowest BCUT2D eigenvalue weighted by Crippen LogP contribution is -2.11. The van der Waals surface area contributed by atoms with Gasteiger partial charge in [-0.05, 0) is 48.9 Å². The summed E-state index contributed by atoms with van der Waals surface area (Å²) in [5.41, 5.74) is 1.95. The van der Waals surface area contributed by atoms with Crippen LogP contribution >= 0.6 is 23.4 Å². The first-order valence-electron chi connectivity index (χ1n) is 8.74. The number of hydrogen-bond donors (Lipinski definition) is 1. The van der Waals surface area contributed by atoms with E-state index in [0.29, 0.717) is 21.3 Å². The number of Topliss-reactive ketones (excluding diaryl/α,β-unsaturated/α-hetero) is 1. The molecule has 0 radical (unpaired) electrons. The third-order valence-corrected chi connectivity index (χ3v) is 6.39. The Labute approximate surface area is 173 Å². The molecule has 1 aromatic heterocycles. The normalized spacial score (nSPS) is 11.8. The van der Waals surface area contributed by atoms with Gasteiger partial charge in [0.2, 0.25) is 10.0 Å². The standard InChI is InChI=1S/C19H20ClN3O3S2/c1-2-3-10-23-17-9-8-15(28(21,25)26)11-16(17)22-19(23)27-12-18(24)13-4-6-14(20)7-5-13/h4-9,11H,2-3,10,12H2,1H3,(H2,21,25,26). The molecule has 0 fully saturated rings. The minimum atomic E-state index is -3.80. The lowest BCUT2D eigenvalue weighted by Gasteiger charge is -2.08. The van der Waals surface area contributed by atoms with E-state index in [1.54, 1.807) is 30.3 Å². The fraction of sp³-hybridized carbons (Fsp3) is 0.263. The summed E-state index contributed by atoms with van der Waals surface area (Å²) in [6.07, 6.45) is 1.95. The third kappa shape index (κ3) is 4.75. The van der Waals surface area contributed by atoms with Crippen LogP contribution in [0.4, 0.5) is 0 Å². The zero-order chi connectivity index (χ0) is 20.3. The van der Waals surface area contributed by atoms with Crippen LogP contribution in [0.2, 0.25) is 5.02 Å². The van der Waals surface area contributed by atoms with Gasteiger partial charge in [-0.2, -0.15) is 0 Å². The highest BCUT2D eigenvalue weighted by atomic mass is 35.5. The van der Waals surface area contributed by atoms with Gasteiger partial charge in [0.25, 0.3) is 0 Å². The molecule has 0 aliphatic heterocycles. The number of unbranched alkanes of at least 4 members (excludes halogenated alkanes) is 1. The molecule has 1 heterocycles. The molecular weight excluding hydrogens is 418 g/mol. The third-order valence-electron chi connectivity index (χ3n) is 4.25. The maximum atomic E-state index is 12.5. The summed E-state index contributed by atoms with van der Waals surface area (Å²) in [5.74, 6) is 0.194. The molecule has 28 heavy (non-hydrogen) atoms. The summed E-state index contributed by atoms with van der Waals surface area (Å²) in [6, 6.07) is 11.4. The molecule has 9 heteroatoms. The molecule has 2 aromatic carbocycles. The van der Waals surface area contributed by atoms with Gasteiger partial charge in [0.1, 0.15) is 0 Å². The van der Waals surface area contributed by atoms with Crippen LogP contribution in [0.25, 0.3) is 11.0 Å². The first-order chi connectivity index (χ1) is 13.3. The predicted octanol–water partition coefficient (Wildman–Crippen LogP) is 4.11. The van der Waals surface area contributed by atoms with Gasteiger partial charge in [0, 0.05) is 17.1 Å². The Morgan fingerprint density at radius 2 is 1.93 bits per heavy atom. The number of aromatic nitrogens is 2. The van der Waals surface area contributed by atoms with Crippen molar-refractivity contribution in [3.63, 3.8) is 0 Å². The summed E-state index contributed by atoms with van der Waals surface area (Å²) >= 11 is 7.20. The molecule has 0 bridgehead atoms. The minimum absolute atomic E-state index is 0.0222. The Kier molecular flexibility index (Phi) is 6.44. The summed E-state index contributed by atoms with van der Waals surface area (Å²) in [5, 5.41) is 6.48. The molecule has 2 N–H and O–H groups in total. The van der Waals surface area contributed by atoms with Crippen LogP contribution in [0.1, 0.15) is 30.1 Å². The quantitative estimate of drug-likeness (QED) is 0.422. The highest BCUT2D eigenvalue weighted by Crippen LogP contribution is 2.27. The van der Waals surface area contributed by atoms with Crippen LogP contribution in [0.3, 0.4) is 0 Å². The van der Waals surface area contributed by atoms with Crippen LogP contribution in [0.5, 0.6) is 0 Å². The highest BCUT2D eigenvalue weighted by Gasteiger charge is 2.16. The van der Waals surface area contributed by atoms with Gasteiger partial charge in [0.05, 0.1) is 21.7 Å². The van der Waals surface area contributed by atoms with Crippen molar-refractivity contribution in [2.24, 2.45) is 5.14 Å². The van der Waals surface area contributed by atoms with E-state index in [1.165, 1.54) is 23.9 Å². The van der Waals surface area contributed by atoms with Crippen LogP contribution in [0.15, 0.2) is 52.5 Å². The summed E-state index contributed by atoms with van der Waals surface area (Å²) in [6.45, 7) is 2.83. The number of benzene rings is 2. The monoisotopic (exact) mass is 437 g/mol. The van der Waals surface area contributed by atoms with E-state index in [2.05, 4.69) is 11.9 Å². The lowest BCUT2D eigenvalue weighted by atomic mass is 10.1. The Morgan fingerprint density at radius 3 is 2.57 bits per heavy atom. The zero-order valence-electron chi connectivity index (χ0n) is 15.3. The molecule has 0 aliphatic carbocycles. The molecule has 0 saturated heterocycles. The fourth-order valence-corrected chi connectivity index (χ4v) is 4.35. The Morgan fingerprint density at radius 1 is 1.21 bits per heavy atom. The average molecular weight is 438 g/mol.